The average Bonchev–Trinajstić information content (AvgIpc) is 2.40. The van der Waals surface area contributed by atoms with E-state index >= 15 is 0 Å². The molecule has 0 amide bonds. The fourth-order valence-corrected chi connectivity index (χ4v) is 2.06. The lowest BCUT2D eigenvalue weighted by atomic mass is 9.95. The molecule has 0 radical (unpaired) electrons. The molecule has 1 N–H and O–H groups in total. The molecule has 1 aliphatic rings. The molecule has 0 aromatic carbocycles. The molecular weight excluding hydrogens is 224 g/mol. The fourth-order valence-electron chi connectivity index (χ4n) is 2.06. The number of ether oxygens (including phenoxy) is 1. The van der Waals surface area contributed by atoms with Gasteiger partial charge in [0, 0.05) is 18.2 Å². The molecule has 1 fully saturated rings. The van der Waals surface area contributed by atoms with E-state index in [4.69, 9.17) is 10.00 Å². The Morgan fingerprint density at radius 3 is 2.94 bits per heavy atom. The average molecular weight is 246 g/mol. The molecule has 2 atom stereocenters. The van der Waals surface area contributed by atoms with Crippen LogP contribution in [0.15, 0.2) is 36.0 Å². The lowest BCUT2D eigenvalue weighted by Gasteiger charge is -2.30. The summed E-state index contributed by atoms with van der Waals surface area (Å²) in [7, 11) is 0. The molecule has 0 aromatic heterocycles. The molecular formula is C15H22N2O. The summed E-state index contributed by atoms with van der Waals surface area (Å²) in [6.45, 7) is 9.67. The first-order valence-corrected chi connectivity index (χ1v) is 6.49. The van der Waals surface area contributed by atoms with Crippen LogP contribution in [0.2, 0.25) is 0 Å². The lowest BCUT2D eigenvalue weighted by Crippen LogP contribution is -2.41. The number of rotatable bonds is 5. The molecule has 98 valence electrons. The number of allylic oxidation sites excluding steroid dienone is 3. The number of nitrogens with one attached hydrogen (secondary N) is 1. The molecule has 1 saturated heterocycles. The third kappa shape index (κ3) is 4.48. The Labute approximate surface area is 110 Å². The van der Waals surface area contributed by atoms with Crippen molar-refractivity contribution >= 4 is 0 Å². The minimum atomic E-state index is 0.253. The first-order chi connectivity index (χ1) is 8.71. The SMILES string of the molecule is C=C(/C=C\C(C#N)=C/C)[C@H]1CC(OCC)CCN1. The summed E-state index contributed by atoms with van der Waals surface area (Å²) < 4.78 is 5.66. The van der Waals surface area contributed by atoms with Crippen molar-refractivity contribution in [3.05, 3.63) is 36.0 Å². The molecule has 1 aliphatic heterocycles. The van der Waals surface area contributed by atoms with Gasteiger partial charge in [0.15, 0.2) is 0 Å². The number of nitriles is 1. The van der Waals surface area contributed by atoms with E-state index in [9.17, 15) is 0 Å². The normalized spacial score (nSPS) is 25.1. The van der Waals surface area contributed by atoms with Crippen LogP contribution in [0, 0.1) is 11.3 Å². The zero-order valence-electron chi connectivity index (χ0n) is 11.3. The van der Waals surface area contributed by atoms with Crippen molar-refractivity contribution in [2.24, 2.45) is 0 Å². The maximum Gasteiger partial charge on any atom is 0.0988 e. The second kappa shape index (κ2) is 7.86. The maximum absolute atomic E-state index is 8.83. The van der Waals surface area contributed by atoms with Crippen LogP contribution in [0.3, 0.4) is 0 Å². The first-order valence-electron chi connectivity index (χ1n) is 6.49. The van der Waals surface area contributed by atoms with Crippen LogP contribution < -0.4 is 5.32 Å². The molecule has 18 heavy (non-hydrogen) atoms. The summed E-state index contributed by atoms with van der Waals surface area (Å²) in [5, 5.41) is 12.3. The van der Waals surface area contributed by atoms with Crippen LogP contribution in [-0.4, -0.2) is 25.3 Å². The van der Waals surface area contributed by atoms with E-state index in [1.165, 1.54) is 0 Å². The van der Waals surface area contributed by atoms with Gasteiger partial charge in [0.2, 0.25) is 0 Å². The largest absolute Gasteiger partial charge is 0.378 e. The predicted molar refractivity (Wildman–Crippen MR) is 74.1 cm³/mol. The van der Waals surface area contributed by atoms with Gasteiger partial charge in [0.25, 0.3) is 0 Å². The second-order valence-electron chi connectivity index (χ2n) is 4.37. The van der Waals surface area contributed by atoms with E-state index in [-0.39, 0.29) is 6.04 Å². The molecule has 3 heteroatoms. The van der Waals surface area contributed by atoms with Gasteiger partial charge in [-0.1, -0.05) is 18.7 Å². The van der Waals surface area contributed by atoms with Crippen molar-refractivity contribution < 1.29 is 4.74 Å². The summed E-state index contributed by atoms with van der Waals surface area (Å²) in [4.78, 5) is 0. The van der Waals surface area contributed by atoms with Crippen molar-refractivity contribution in [2.75, 3.05) is 13.2 Å². The quantitative estimate of drug-likeness (QED) is 0.599. The molecule has 1 heterocycles. The van der Waals surface area contributed by atoms with Crippen LogP contribution in [-0.2, 0) is 4.74 Å². The van der Waals surface area contributed by atoms with Gasteiger partial charge in [-0.2, -0.15) is 5.26 Å². The first kappa shape index (κ1) is 14.7. The van der Waals surface area contributed by atoms with Crippen LogP contribution in [0.5, 0.6) is 0 Å². The highest BCUT2D eigenvalue weighted by molar-refractivity contribution is 5.37. The summed E-state index contributed by atoms with van der Waals surface area (Å²) >= 11 is 0. The smallest absolute Gasteiger partial charge is 0.0988 e. The molecule has 0 aromatic rings. The van der Waals surface area contributed by atoms with Crippen molar-refractivity contribution in [2.45, 2.75) is 38.8 Å². The summed E-state index contributed by atoms with van der Waals surface area (Å²) in [5.74, 6) is 0. The molecule has 0 spiro atoms. The van der Waals surface area contributed by atoms with E-state index in [1.807, 2.05) is 26.0 Å². The van der Waals surface area contributed by atoms with Gasteiger partial charge in [-0.3, -0.25) is 0 Å². The van der Waals surface area contributed by atoms with Crippen LogP contribution >= 0.6 is 0 Å². The lowest BCUT2D eigenvalue weighted by molar-refractivity contribution is 0.0340. The number of piperidine rings is 1. The maximum atomic E-state index is 8.83. The fraction of sp³-hybridized carbons (Fsp3) is 0.533. The Kier molecular flexibility index (Phi) is 6.42. The minimum absolute atomic E-state index is 0.253. The third-order valence-electron chi connectivity index (χ3n) is 3.12. The van der Waals surface area contributed by atoms with Gasteiger partial charge in [-0.25, -0.2) is 0 Å². The zero-order valence-corrected chi connectivity index (χ0v) is 11.3. The number of hydrogen-bond acceptors (Lipinski definition) is 3. The molecule has 3 nitrogen and oxygen atoms in total. The van der Waals surface area contributed by atoms with Crippen LogP contribution in [0.25, 0.3) is 0 Å². The van der Waals surface area contributed by atoms with Crippen molar-refractivity contribution in [1.82, 2.24) is 5.32 Å². The molecule has 0 aliphatic carbocycles. The van der Waals surface area contributed by atoms with Gasteiger partial charge in [0.1, 0.15) is 0 Å². The highest BCUT2D eigenvalue weighted by Gasteiger charge is 2.22. The summed E-state index contributed by atoms with van der Waals surface area (Å²) in [6, 6.07) is 2.38. The number of hydrogen-bond donors (Lipinski definition) is 1. The Morgan fingerprint density at radius 2 is 2.33 bits per heavy atom. The highest BCUT2D eigenvalue weighted by atomic mass is 16.5. The van der Waals surface area contributed by atoms with E-state index in [0.29, 0.717) is 11.7 Å². The zero-order chi connectivity index (χ0) is 13.4. The molecule has 1 rings (SSSR count). The van der Waals surface area contributed by atoms with E-state index in [0.717, 1.165) is 31.6 Å². The molecule has 1 unspecified atom stereocenters. The Morgan fingerprint density at radius 1 is 1.56 bits per heavy atom. The Bertz CT molecular complexity index is 374. The van der Waals surface area contributed by atoms with Gasteiger partial charge >= 0.3 is 0 Å². The second-order valence-corrected chi connectivity index (χ2v) is 4.37. The van der Waals surface area contributed by atoms with Gasteiger partial charge in [0.05, 0.1) is 12.2 Å². The predicted octanol–water partition coefficient (Wildman–Crippen LogP) is 2.73. The summed E-state index contributed by atoms with van der Waals surface area (Å²) in [5.41, 5.74) is 1.67. The van der Waals surface area contributed by atoms with Crippen molar-refractivity contribution in [3.63, 3.8) is 0 Å². The van der Waals surface area contributed by atoms with Gasteiger partial charge < -0.3 is 10.1 Å². The monoisotopic (exact) mass is 246 g/mol. The number of nitrogens with zero attached hydrogens (tertiary/aromatic N) is 1. The molecule has 0 saturated carbocycles. The topological polar surface area (TPSA) is 45.0 Å². The highest BCUT2D eigenvalue weighted by Crippen LogP contribution is 2.18. The Balaban J connectivity index is 2.54. The van der Waals surface area contributed by atoms with E-state index < -0.39 is 0 Å². The Hall–Kier alpha value is -1.37. The van der Waals surface area contributed by atoms with Crippen molar-refractivity contribution in [3.8, 4) is 6.07 Å². The van der Waals surface area contributed by atoms with E-state index in [2.05, 4.69) is 18.0 Å². The molecule has 0 bridgehead atoms. The van der Waals surface area contributed by atoms with Crippen molar-refractivity contribution in [1.29, 1.82) is 5.26 Å². The third-order valence-corrected chi connectivity index (χ3v) is 3.12. The van der Waals surface area contributed by atoms with Crippen LogP contribution in [0.1, 0.15) is 26.7 Å². The van der Waals surface area contributed by atoms with Crippen LogP contribution in [0.4, 0.5) is 0 Å². The van der Waals surface area contributed by atoms with E-state index in [1.54, 1.807) is 6.08 Å². The van der Waals surface area contributed by atoms with Gasteiger partial charge in [-0.15, -0.1) is 0 Å². The summed E-state index contributed by atoms with van der Waals surface area (Å²) in [6.07, 6.45) is 7.86. The van der Waals surface area contributed by atoms with Gasteiger partial charge in [-0.05, 0) is 44.9 Å². The minimum Gasteiger partial charge on any atom is -0.378 e. The standard InChI is InChI=1S/C15H22N2O/c1-4-13(11-16)7-6-12(3)15-10-14(18-5-2)8-9-17-15/h4,6-7,14-15,17H,3,5,8-10H2,1-2H3/b7-6-,13-4+/t14?,15-/m1/s1.